The summed E-state index contributed by atoms with van der Waals surface area (Å²) < 4.78 is 3.09. The van der Waals surface area contributed by atoms with Crippen LogP contribution < -0.4 is 5.32 Å². The Kier molecular flexibility index (Phi) is 4.32. The van der Waals surface area contributed by atoms with E-state index in [2.05, 4.69) is 20.5 Å². The van der Waals surface area contributed by atoms with Crippen LogP contribution in [-0.4, -0.2) is 30.3 Å². The Balaban J connectivity index is 1.56. The highest BCUT2D eigenvalue weighted by molar-refractivity contribution is 6.37. The normalized spacial score (nSPS) is 11.0. The first-order valence-corrected chi connectivity index (χ1v) is 8.44. The molecule has 0 spiro atoms. The van der Waals surface area contributed by atoms with E-state index in [9.17, 15) is 4.79 Å². The lowest BCUT2D eigenvalue weighted by atomic mass is 10.2. The maximum Gasteiger partial charge on any atom is 0.279 e. The zero-order chi connectivity index (χ0) is 18.1. The summed E-state index contributed by atoms with van der Waals surface area (Å²) in [7, 11) is 0. The quantitative estimate of drug-likeness (QED) is 0.581. The molecule has 4 rings (SSSR count). The second-order valence-corrected chi connectivity index (χ2v) is 6.30. The van der Waals surface area contributed by atoms with Crippen LogP contribution in [0.3, 0.4) is 0 Å². The zero-order valence-electron chi connectivity index (χ0n) is 13.3. The molecule has 0 radical (unpaired) electrons. The maximum absolute atomic E-state index is 12.5. The molecule has 0 saturated heterocycles. The average Bonchev–Trinajstić information content (AvgIpc) is 3.16. The number of halogens is 2. The van der Waals surface area contributed by atoms with Gasteiger partial charge in [0.1, 0.15) is 10.0 Å². The minimum atomic E-state index is -0.507. The number of benzene rings is 1. The van der Waals surface area contributed by atoms with Gasteiger partial charge in [0.15, 0.2) is 17.2 Å². The van der Waals surface area contributed by atoms with E-state index in [1.807, 2.05) is 30.3 Å². The number of carbonyl (C=O) groups excluding carboxylic acids is 1. The van der Waals surface area contributed by atoms with Crippen molar-refractivity contribution in [3.05, 3.63) is 76.3 Å². The monoisotopic (exact) mass is 386 g/mol. The summed E-state index contributed by atoms with van der Waals surface area (Å²) in [5.74, 6) is -0.263. The summed E-state index contributed by atoms with van der Waals surface area (Å²) in [6.45, 7) is 0.537. The number of anilines is 1. The third-order valence-electron chi connectivity index (χ3n) is 3.69. The van der Waals surface area contributed by atoms with E-state index in [-0.39, 0.29) is 16.5 Å². The van der Waals surface area contributed by atoms with Crippen molar-refractivity contribution in [2.45, 2.75) is 6.54 Å². The van der Waals surface area contributed by atoms with E-state index >= 15 is 0 Å². The lowest BCUT2D eigenvalue weighted by Crippen LogP contribution is -2.14. The van der Waals surface area contributed by atoms with Crippen molar-refractivity contribution in [1.82, 2.24) is 24.4 Å². The van der Waals surface area contributed by atoms with Crippen molar-refractivity contribution in [3.63, 3.8) is 0 Å². The molecule has 0 aliphatic carbocycles. The van der Waals surface area contributed by atoms with Gasteiger partial charge in [-0.2, -0.15) is 10.2 Å². The van der Waals surface area contributed by atoms with Gasteiger partial charge in [-0.1, -0.05) is 53.5 Å². The Morgan fingerprint density at radius 1 is 1.12 bits per heavy atom. The van der Waals surface area contributed by atoms with Crippen molar-refractivity contribution in [1.29, 1.82) is 0 Å². The minimum absolute atomic E-state index is 0.0547. The van der Waals surface area contributed by atoms with Gasteiger partial charge in [-0.15, -0.1) is 0 Å². The standard InChI is InChI=1S/C17H12Cl2N6O/c18-12-10-24(9-11-5-2-1-3-6-11)23-15(12)21-17(26)14-13(19)16-20-7-4-8-25(16)22-14/h1-8,10H,9H2,(H,21,23,26). The molecule has 0 aliphatic heterocycles. The van der Waals surface area contributed by atoms with Crippen LogP contribution in [0.15, 0.2) is 55.0 Å². The van der Waals surface area contributed by atoms with Gasteiger partial charge in [-0.05, 0) is 11.6 Å². The van der Waals surface area contributed by atoms with Gasteiger partial charge in [0.2, 0.25) is 0 Å². The molecule has 26 heavy (non-hydrogen) atoms. The van der Waals surface area contributed by atoms with E-state index in [0.29, 0.717) is 17.2 Å². The summed E-state index contributed by atoms with van der Waals surface area (Å²) >= 11 is 12.4. The number of aromatic nitrogens is 5. The molecule has 4 aromatic rings. The van der Waals surface area contributed by atoms with Crippen LogP contribution in [0.4, 0.5) is 5.82 Å². The lowest BCUT2D eigenvalue weighted by Gasteiger charge is -2.02. The third-order valence-corrected chi connectivity index (χ3v) is 4.32. The number of hydrogen-bond donors (Lipinski definition) is 1. The van der Waals surface area contributed by atoms with Crippen LogP contribution in [0.2, 0.25) is 10.0 Å². The first-order chi connectivity index (χ1) is 12.6. The number of hydrogen-bond acceptors (Lipinski definition) is 4. The smallest absolute Gasteiger partial charge is 0.279 e. The molecule has 1 N–H and O–H groups in total. The molecule has 0 atom stereocenters. The van der Waals surface area contributed by atoms with Crippen molar-refractivity contribution < 1.29 is 4.79 Å². The van der Waals surface area contributed by atoms with E-state index in [1.54, 1.807) is 29.3 Å². The zero-order valence-corrected chi connectivity index (χ0v) is 14.8. The number of amides is 1. The third kappa shape index (κ3) is 3.14. The molecule has 0 fully saturated rings. The molecule has 1 aromatic carbocycles. The van der Waals surface area contributed by atoms with Crippen LogP contribution >= 0.6 is 23.2 Å². The molecule has 7 nitrogen and oxygen atoms in total. The highest BCUT2D eigenvalue weighted by Crippen LogP contribution is 2.24. The average molecular weight is 387 g/mol. The Hall–Kier alpha value is -2.90. The predicted octanol–water partition coefficient (Wildman–Crippen LogP) is 3.53. The topological polar surface area (TPSA) is 77.1 Å². The number of nitrogens with zero attached hydrogens (tertiary/aromatic N) is 5. The first kappa shape index (κ1) is 16.6. The second-order valence-electron chi connectivity index (χ2n) is 5.51. The minimum Gasteiger partial charge on any atom is -0.302 e. The Morgan fingerprint density at radius 3 is 2.69 bits per heavy atom. The summed E-state index contributed by atoms with van der Waals surface area (Å²) in [6.07, 6.45) is 4.89. The van der Waals surface area contributed by atoms with Crippen LogP contribution in [0.1, 0.15) is 16.1 Å². The van der Waals surface area contributed by atoms with Crippen LogP contribution in [0.25, 0.3) is 5.65 Å². The summed E-state index contributed by atoms with van der Waals surface area (Å²) in [4.78, 5) is 16.6. The molecule has 3 heterocycles. The highest BCUT2D eigenvalue weighted by Gasteiger charge is 2.20. The van der Waals surface area contributed by atoms with Crippen molar-refractivity contribution in [2.75, 3.05) is 5.32 Å². The first-order valence-electron chi connectivity index (χ1n) is 7.69. The van der Waals surface area contributed by atoms with Gasteiger partial charge in [0.05, 0.1) is 6.54 Å². The van der Waals surface area contributed by atoms with Crippen molar-refractivity contribution in [2.24, 2.45) is 0 Å². The fraction of sp³-hybridized carbons (Fsp3) is 0.0588. The fourth-order valence-corrected chi connectivity index (χ4v) is 2.96. The Bertz CT molecular complexity index is 1090. The molecule has 130 valence electrons. The molecular weight excluding hydrogens is 375 g/mol. The number of rotatable bonds is 4. The van der Waals surface area contributed by atoms with Gasteiger partial charge in [0, 0.05) is 18.6 Å². The van der Waals surface area contributed by atoms with Gasteiger partial charge < -0.3 is 5.32 Å². The van der Waals surface area contributed by atoms with Crippen LogP contribution in [0.5, 0.6) is 0 Å². The molecule has 3 aromatic heterocycles. The van der Waals surface area contributed by atoms with E-state index in [1.165, 1.54) is 4.52 Å². The molecule has 9 heteroatoms. The molecule has 0 unspecified atom stereocenters. The van der Waals surface area contributed by atoms with E-state index in [4.69, 9.17) is 23.2 Å². The van der Waals surface area contributed by atoms with E-state index < -0.39 is 5.91 Å². The summed E-state index contributed by atoms with van der Waals surface area (Å²) in [5.41, 5.74) is 1.53. The second kappa shape index (κ2) is 6.78. The number of fused-ring (bicyclic) bond motifs is 1. The van der Waals surface area contributed by atoms with E-state index in [0.717, 1.165) is 5.56 Å². The van der Waals surface area contributed by atoms with Gasteiger partial charge >= 0.3 is 0 Å². The van der Waals surface area contributed by atoms with Gasteiger partial charge in [-0.25, -0.2) is 9.50 Å². The fourth-order valence-electron chi connectivity index (χ4n) is 2.50. The predicted molar refractivity (Wildman–Crippen MR) is 98.7 cm³/mol. The SMILES string of the molecule is O=C(Nc1nn(Cc2ccccc2)cc1Cl)c1nn2cccnc2c1Cl. The molecule has 1 amide bonds. The summed E-state index contributed by atoms with van der Waals surface area (Å²) in [6, 6.07) is 11.5. The number of nitrogens with one attached hydrogen (secondary N) is 1. The molecule has 0 aliphatic rings. The van der Waals surface area contributed by atoms with Gasteiger partial charge in [-0.3, -0.25) is 9.48 Å². The van der Waals surface area contributed by atoms with Crippen molar-refractivity contribution >= 4 is 40.6 Å². The Labute approximate surface area is 158 Å². The lowest BCUT2D eigenvalue weighted by molar-refractivity contribution is 0.102. The summed E-state index contributed by atoms with van der Waals surface area (Å²) in [5, 5.41) is 11.6. The highest BCUT2D eigenvalue weighted by atomic mass is 35.5. The Morgan fingerprint density at radius 2 is 1.92 bits per heavy atom. The van der Waals surface area contributed by atoms with Gasteiger partial charge in [0.25, 0.3) is 5.91 Å². The molecule has 0 bridgehead atoms. The van der Waals surface area contributed by atoms with Crippen LogP contribution in [0, 0.1) is 0 Å². The van der Waals surface area contributed by atoms with Crippen LogP contribution in [-0.2, 0) is 6.54 Å². The largest absolute Gasteiger partial charge is 0.302 e. The molecular formula is C17H12Cl2N6O. The van der Waals surface area contributed by atoms with Crippen molar-refractivity contribution in [3.8, 4) is 0 Å². The number of carbonyl (C=O) groups is 1. The molecule has 0 saturated carbocycles. The maximum atomic E-state index is 12.5.